The highest BCUT2D eigenvalue weighted by Crippen LogP contribution is 2.41. The van der Waals surface area contributed by atoms with Gasteiger partial charge in [-0.2, -0.15) is 4.31 Å². The van der Waals surface area contributed by atoms with Crippen molar-refractivity contribution in [2.24, 2.45) is 5.14 Å². The fraction of sp³-hybridized carbons (Fsp3) is 0.389. The van der Waals surface area contributed by atoms with Gasteiger partial charge in [0.05, 0.1) is 6.04 Å². The first kappa shape index (κ1) is 25.8. The number of carbonyl (C=O) groups excluding carboxylic acids is 1. The van der Waals surface area contributed by atoms with Crippen molar-refractivity contribution in [1.82, 2.24) is 9.21 Å². The van der Waals surface area contributed by atoms with E-state index < -0.39 is 37.3 Å². The highest BCUT2D eigenvalue weighted by atomic mass is 32.3. The minimum Gasteiger partial charge on any atom is -0.445 e. The lowest BCUT2D eigenvalue weighted by Gasteiger charge is -2.36. The van der Waals surface area contributed by atoms with Crippen molar-refractivity contribution < 1.29 is 36.3 Å². The van der Waals surface area contributed by atoms with Gasteiger partial charge in [-0.05, 0) is 24.1 Å². The number of nitrogens with two attached hydrogens (primary N) is 1. The van der Waals surface area contributed by atoms with Gasteiger partial charge in [0.25, 0.3) is 15.1 Å². The van der Waals surface area contributed by atoms with Crippen LogP contribution in [-0.2, 0) is 42.8 Å². The number of hydrogen-bond acceptors (Lipinski definition) is 10. The molecule has 1 atom stereocenters. The third-order valence-corrected chi connectivity index (χ3v) is 10.1. The van der Waals surface area contributed by atoms with Gasteiger partial charge >= 0.3 is 6.09 Å². The SMILES string of the molecule is CCN(C(=O)OCc1ccccc1CO[N+](=O)[O-])[C@H]1CN(C)S(=O)(=O)c2sc(S(N)(=O)=O)cc21. The summed E-state index contributed by atoms with van der Waals surface area (Å²) in [6.07, 6.45) is -0.778. The fourth-order valence-electron chi connectivity index (χ4n) is 3.45. The summed E-state index contributed by atoms with van der Waals surface area (Å²) in [6, 6.07) is 6.90. The molecular formula is C18H22N4O9S3. The molecule has 16 heteroatoms. The quantitative estimate of drug-likeness (QED) is 0.387. The molecule has 34 heavy (non-hydrogen) atoms. The van der Waals surface area contributed by atoms with Crippen LogP contribution in [0.2, 0.25) is 0 Å². The summed E-state index contributed by atoms with van der Waals surface area (Å²) in [7, 11) is -6.79. The van der Waals surface area contributed by atoms with Crippen LogP contribution < -0.4 is 5.14 Å². The Morgan fingerprint density at radius 1 is 1.32 bits per heavy atom. The molecular weight excluding hydrogens is 512 g/mol. The number of fused-ring (bicyclic) bond motifs is 1. The summed E-state index contributed by atoms with van der Waals surface area (Å²) in [5, 5.41) is 14.8. The van der Waals surface area contributed by atoms with Crippen LogP contribution >= 0.6 is 11.3 Å². The molecule has 0 fully saturated rings. The van der Waals surface area contributed by atoms with E-state index in [9.17, 15) is 31.7 Å². The standard InChI is InChI=1S/C18H22N4O9S3/c1-3-21(18(23)30-10-12-6-4-5-7-13(12)11-31-22(24)25)15-9-20(2)34(28,29)17-14(15)8-16(32-17)33(19,26)27/h4-8,15H,3,9-11H2,1-2H3,(H2,19,26,27)/t15-/m0/s1. The average Bonchev–Trinajstić information content (AvgIpc) is 3.23. The van der Waals surface area contributed by atoms with Crippen molar-refractivity contribution in [3.63, 3.8) is 0 Å². The molecule has 1 aromatic carbocycles. The normalized spacial score (nSPS) is 17.6. The van der Waals surface area contributed by atoms with Crippen molar-refractivity contribution in [1.29, 1.82) is 0 Å². The Morgan fingerprint density at radius 2 is 1.94 bits per heavy atom. The van der Waals surface area contributed by atoms with Crippen LogP contribution in [-0.4, -0.2) is 57.4 Å². The molecule has 0 bridgehead atoms. The number of benzene rings is 1. The molecule has 0 radical (unpaired) electrons. The Hall–Kier alpha value is -2.79. The summed E-state index contributed by atoms with van der Waals surface area (Å²) in [5.41, 5.74) is 1.09. The number of likely N-dealkylation sites (N-methyl/N-ethyl adjacent to an activating group) is 2. The summed E-state index contributed by atoms with van der Waals surface area (Å²) < 4.78 is 55.0. The molecule has 3 rings (SSSR count). The largest absolute Gasteiger partial charge is 0.445 e. The Morgan fingerprint density at radius 3 is 2.50 bits per heavy atom. The smallest absolute Gasteiger partial charge is 0.410 e. The van der Waals surface area contributed by atoms with Crippen LogP contribution in [0.3, 0.4) is 0 Å². The number of primary sulfonamides is 1. The Kier molecular flexibility index (Phi) is 7.47. The van der Waals surface area contributed by atoms with E-state index in [2.05, 4.69) is 4.84 Å². The second-order valence-corrected chi connectivity index (χ2v) is 12.3. The molecule has 0 spiro atoms. The summed E-state index contributed by atoms with van der Waals surface area (Å²) in [5.74, 6) is 0. The topological polar surface area (TPSA) is 179 Å². The zero-order valence-corrected chi connectivity index (χ0v) is 20.6. The minimum atomic E-state index is -4.16. The van der Waals surface area contributed by atoms with Crippen molar-refractivity contribution in [2.45, 2.75) is 34.6 Å². The Labute approximate surface area is 199 Å². The predicted molar refractivity (Wildman–Crippen MR) is 119 cm³/mol. The number of hydrogen-bond donors (Lipinski definition) is 1. The third kappa shape index (κ3) is 5.30. The molecule has 1 amide bonds. The van der Waals surface area contributed by atoms with Crippen molar-refractivity contribution in [2.75, 3.05) is 20.1 Å². The van der Waals surface area contributed by atoms with E-state index >= 15 is 0 Å². The molecule has 0 unspecified atom stereocenters. The zero-order valence-electron chi connectivity index (χ0n) is 18.1. The first-order chi connectivity index (χ1) is 15.9. The molecule has 1 aliphatic rings. The van der Waals surface area contributed by atoms with Gasteiger partial charge in [0, 0.05) is 25.7 Å². The number of thiophene rings is 1. The van der Waals surface area contributed by atoms with Gasteiger partial charge in [-0.3, -0.25) is 0 Å². The second-order valence-electron chi connectivity index (χ2n) is 7.26. The number of rotatable bonds is 8. The first-order valence-corrected chi connectivity index (χ1v) is 13.6. The number of amides is 1. The van der Waals surface area contributed by atoms with E-state index in [1.54, 1.807) is 31.2 Å². The summed E-state index contributed by atoms with van der Waals surface area (Å²) in [6.45, 7) is 1.14. The van der Waals surface area contributed by atoms with Gasteiger partial charge in [-0.1, -0.05) is 24.3 Å². The van der Waals surface area contributed by atoms with Crippen molar-refractivity contribution >= 4 is 37.5 Å². The van der Waals surface area contributed by atoms with Crippen molar-refractivity contribution in [3.05, 3.63) is 57.1 Å². The van der Waals surface area contributed by atoms with Crippen LogP contribution in [0.15, 0.2) is 38.8 Å². The van der Waals surface area contributed by atoms with E-state index in [0.717, 1.165) is 4.31 Å². The third-order valence-electron chi connectivity index (χ3n) is 5.16. The molecule has 0 saturated carbocycles. The van der Waals surface area contributed by atoms with E-state index in [1.165, 1.54) is 18.0 Å². The van der Waals surface area contributed by atoms with Gasteiger partial charge < -0.3 is 14.5 Å². The second kappa shape index (κ2) is 9.83. The molecule has 1 aromatic heterocycles. The Bertz CT molecular complexity index is 1310. The zero-order chi connectivity index (χ0) is 25.3. The average molecular weight is 535 g/mol. The molecule has 0 aliphatic carbocycles. The number of ether oxygens (including phenoxy) is 1. The minimum absolute atomic E-state index is 0.119. The lowest BCUT2D eigenvalue weighted by molar-refractivity contribution is -0.763. The molecule has 0 saturated heterocycles. The van der Waals surface area contributed by atoms with Crippen LogP contribution in [0.25, 0.3) is 0 Å². The van der Waals surface area contributed by atoms with E-state index in [4.69, 9.17) is 9.88 Å². The molecule has 13 nitrogen and oxygen atoms in total. The maximum absolute atomic E-state index is 13.0. The summed E-state index contributed by atoms with van der Waals surface area (Å²) in [4.78, 5) is 29.1. The number of nitrogens with zero attached hydrogens (tertiary/aromatic N) is 3. The van der Waals surface area contributed by atoms with E-state index in [1.807, 2.05) is 0 Å². The maximum Gasteiger partial charge on any atom is 0.410 e. The van der Waals surface area contributed by atoms with Gasteiger partial charge in [-0.15, -0.1) is 21.5 Å². The first-order valence-electron chi connectivity index (χ1n) is 9.76. The number of carbonyl (C=O) groups is 1. The highest BCUT2D eigenvalue weighted by Gasteiger charge is 2.42. The van der Waals surface area contributed by atoms with Gasteiger partial charge in [0.15, 0.2) is 0 Å². The molecule has 2 aromatic rings. The fourth-order valence-corrected chi connectivity index (χ4v) is 7.48. The molecule has 186 valence electrons. The predicted octanol–water partition coefficient (Wildman–Crippen LogP) is 1.44. The van der Waals surface area contributed by atoms with E-state index in [-0.39, 0.29) is 40.3 Å². The number of sulfonamides is 2. The molecule has 2 heterocycles. The van der Waals surface area contributed by atoms with E-state index in [0.29, 0.717) is 22.5 Å². The Balaban J connectivity index is 1.86. The van der Waals surface area contributed by atoms with Gasteiger partial charge in [-0.25, -0.2) is 26.8 Å². The molecule has 2 N–H and O–H groups in total. The monoisotopic (exact) mass is 534 g/mol. The van der Waals surface area contributed by atoms with Gasteiger partial charge in [0.1, 0.15) is 21.6 Å². The van der Waals surface area contributed by atoms with Crippen LogP contribution in [0.4, 0.5) is 4.79 Å². The van der Waals surface area contributed by atoms with Crippen LogP contribution in [0.5, 0.6) is 0 Å². The van der Waals surface area contributed by atoms with Crippen LogP contribution in [0, 0.1) is 10.1 Å². The maximum atomic E-state index is 13.0. The highest BCUT2D eigenvalue weighted by molar-refractivity contribution is 7.94. The van der Waals surface area contributed by atoms with Crippen LogP contribution in [0.1, 0.15) is 29.7 Å². The summed E-state index contributed by atoms with van der Waals surface area (Å²) >= 11 is 0.526. The lowest BCUT2D eigenvalue weighted by Crippen LogP contribution is -2.45. The molecule has 1 aliphatic heterocycles. The van der Waals surface area contributed by atoms with Gasteiger partial charge in [0.2, 0.25) is 10.0 Å². The lowest BCUT2D eigenvalue weighted by atomic mass is 10.1. The van der Waals surface area contributed by atoms with Crippen molar-refractivity contribution in [3.8, 4) is 0 Å².